The number of aliphatic carboxylic acids is 1. The van der Waals surface area contributed by atoms with Gasteiger partial charge in [0, 0.05) is 32.4 Å². The van der Waals surface area contributed by atoms with E-state index in [0.717, 1.165) is 77.0 Å². The Bertz CT molecular complexity index is 574. The number of ether oxygens (including phenoxy) is 2. The molecular weight excluding hydrogens is 502 g/mol. The standard InChI is InChI=1S/C30H57NO8/c1-3-5-13-22-38-29(36)19-11-7-9-16-26(32)24-31(21-15-18-28(34)35)25-27(33)17-10-8-12-20-30(37)39-23-14-6-4-2/h26-27,32-33H,3-25H2,1-2H3,(H,34,35). The first-order valence-electron chi connectivity index (χ1n) is 15.4. The van der Waals surface area contributed by atoms with Gasteiger partial charge in [0.2, 0.25) is 0 Å². The van der Waals surface area contributed by atoms with E-state index < -0.39 is 18.2 Å². The average molecular weight is 560 g/mol. The molecule has 0 aliphatic carbocycles. The topological polar surface area (TPSA) is 134 Å². The first-order chi connectivity index (χ1) is 18.8. The van der Waals surface area contributed by atoms with Gasteiger partial charge < -0.3 is 24.8 Å². The number of carboxylic acids is 1. The molecule has 39 heavy (non-hydrogen) atoms. The number of rotatable bonds is 28. The number of carbonyl (C=O) groups excluding carboxylic acids is 2. The molecule has 0 aromatic carbocycles. The zero-order chi connectivity index (χ0) is 29.1. The summed E-state index contributed by atoms with van der Waals surface area (Å²) < 4.78 is 10.4. The first-order valence-corrected chi connectivity index (χ1v) is 15.4. The second-order valence-corrected chi connectivity index (χ2v) is 10.6. The molecule has 2 unspecified atom stereocenters. The number of carbonyl (C=O) groups is 3. The normalized spacial score (nSPS) is 12.8. The van der Waals surface area contributed by atoms with Gasteiger partial charge in [-0.1, -0.05) is 65.2 Å². The number of carboxylic acid groups (broad SMARTS) is 1. The van der Waals surface area contributed by atoms with Gasteiger partial charge >= 0.3 is 17.9 Å². The molecule has 0 aliphatic heterocycles. The van der Waals surface area contributed by atoms with Crippen LogP contribution in [0, 0.1) is 0 Å². The van der Waals surface area contributed by atoms with Crippen LogP contribution in [0.3, 0.4) is 0 Å². The average Bonchev–Trinajstić information content (AvgIpc) is 2.88. The Balaban J connectivity index is 4.19. The molecule has 0 rings (SSSR count). The predicted octanol–water partition coefficient (Wildman–Crippen LogP) is 5.24. The second kappa shape index (κ2) is 26.5. The van der Waals surface area contributed by atoms with Crippen molar-refractivity contribution < 1.29 is 39.2 Å². The van der Waals surface area contributed by atoms with Gasteiger partial charge in [0.1, 0.15) is 0 Å². The summed E-state index contributed by atoms with van der Waals surface area (Å²) in [6.45, 7) is 6.43. The Labute approximate surface area is 236 Å². The Kier molecular flexibility index (Phi) is 25.3. The lowest BCUT2D eigenvalue weighted by Crippen LogP contribution is -2.38. The summed E-state index contributed by atoms with van der Waals surface area (Å²) in [5.74, 6) is -1.18. The van der Waals surface area contributed by atoms with Crippen LogP contribution in [-0.2, 0) is 23.9 Å². The smallest absolute Gasteiger partial charge is 0.305 e. The first kappa shape index (κ1) is 37.3. The van der Waals surface area contributed by atoms with Crippen molar-refractivity contribution in [1.29, 1.82) is 0 Å². The van der Waals surface area contributed by atoms with Crippen molar-refractivity contribution in [3.05, 3.63) is 0 Å². The minimum atomic E-state index is -0.858. The maximum Gasteiger partial charge on any atom is 0.305 e. The fourth-order valence-electron chi connectivity index (χ4n) is 4.36. The van der Waals surface area contributed by atoms with E-state index in [1.807, 2.05) is 4.90 Å². The van der Waals surface area contributed by atoms with Gasteiger partial charge in [-0.15, -0.1) is 0 Å². The van der Waals surface area contributed by atoms with Crippen molar-refractivity contribution in [1.82, 2.24) is 4.90 Å². The van der Waals surface area contributed by atoms with Crippen LogP contribution >= 0.6 is 0 Å². The maximum atomic E-state index is 11.7. The summed E-state index contributed by atoms with van der Waals surface area (Å²) in [6, 6.07) is 0. The number of aliphatic hydroxyl groups is 2. The van der Waals surface area contributed by atoms with Gasteiger partial charge in [-0.2, -0.15) is 0 Å². The summed E-state index contributed by atoms with van der Waals surface area (Å²) in [5, 5.41) is 30.0. The molecule has 0 saturated heterocycles. The van der Waals surface area contributed by atoms with E-state index in [1.165, 1.54) is 0 Å². The molecule has 9 heteroatoms. The van der Waals surface area contributed by atoms with Crippen molar-refractivity contribution in [2.45, 2.75) is 142 Å². The molecule has 2 atom stereocenters. The molecule has 0 amide bonds. The lowest BCUT2D eigenvalue weighted by molar-refractivity contribution is -0.144. The second-order valence-electron chi connectivity index (χ2n) is 10.6. The van der Waals surface area contributed by atoms with Gasteiger partial charge in [-0.05, 0) is 51.5 Å². The number of hydrogen-bond donors (Lipinski definition) is 3. The quantitative estimate of drug-likeness (QED) is 0.0869. The van der Waals surface area contributed by atoms with Crippen molar-refractivity contribution in [2.75, 3.05) is 32.8 Å². The summed E-state index contributed by atoms with van der Waals surface area (Å²) in [5.41, 5.74) is 0. The highest BCUT2D eigenvalue weighted by molar-refractivity contribution is 5.69. The minimum Gasteiger partial charge on any atom is -0.481 e. The third kappa shape index (κ3) is 26.3. The van der Waals surface area contributed by atoms with Crippen molar-refractivity contribution >= 4 is 17.9 Å². The molecule has 0 aromatic heterocycles. The van der Waals surface area contributed by atoms with Crippen LogP contribution in [0.1, 0.15) is 129 Å². The van der Waals surface area contributed by atoms with Gasteiger partial charge in [0.25, 0.3) is 0 Å². The van der Waals surface area contributed by atoms with Gasteiger partial charge in [0.15, 0.2) is 0 Å². The fourth-order valence-corrected chi connectivity index (χ4v) is 4.36. The SMILES string of the molecule is CCCCCOC(=O)CCCCCC(O)CN(CCCC(=O)O)CC(O)CCCCCC(=O)OCCCCC. The lowest BCUT2D eigenvalue weighted by Gasteiger charge is -2.27. The molecule has 3 N–H and O–H groups in total. The van der Waals surface area contributed by atoms with E-state index in [1.54, 1.807) is 0 Å². The molecule has 0 fully saturated rings. The highest BCUT2D eigenvalue weighted by Gasteiger charge is 2.16. The van der Waals surface area contributed by atoms with Crippen LogP contribution < -0.4 is 0 Å². The molecule has 230 valence electrons. The van der Waals surface area contributed by atoms with Crippen LogP contribution in [0.2, 0.25) is 0 Å². The van der Waals surface area contributed by atoms with E-state index in [9.17, 15) is 24.6 Å². The Morgan fingerprint density at radius 3 is 1.49 bits per heavy atom. The molecule has 0 saturated carbocycles. The zero-order valence-corrected chi connectivity index (χ0v) is 24.7. The third-order valence-corrected chi connectivity index (χ3v) is 6.66. The van der Waals surface area contributed by atoms with E-state index in [-0.39, 0.29) is 18.4 Å². The molecule has 0 heterocycles. The lowest BCUT2D eigenvalue weighted by atomic mass is 10.1. The van der Waals surface area contributed by atoms with Crippen LogP contribution in [0.25, 0.3) is 0 Å². The molecule has 0 aromatic rings. The van der Waals surface area contributed by atoms with Crippen LogP contribution in [-0.4, -0.2) is 83.2 Å². The number of nitrogens with zero attached hydrogens (tertiary/aromatic N) is 1. The molecule has 0 aliphatic rings. The van der Waals surface area contributed by atoms with E-state index >= 15 is 0 Å². The largest absolute Gasteiger partial charge is 0.481 e. The Hall–Kier alpha value is -1.71. The monoisotopic (exact) mass is 559 g/mol. The zero-order valence-electron chi connectivity index (χ0n) is 24.7. The third-order valence-electron chi connectivity index (χ3n) is 6.66. The molecule has 0 radical (unpaired) electrons. The van der Waals surface area contributed by atoms with Crippen molar-refractivity contribution in [3.63, 3.8) is 0 Å². The highest BCUT2D eigenvalue weighted by atomic mass is 16.5. The summed E-state index contributed by atoms with van der Waals surface area (Å²) in [7, 11) is 0. The Morgan fingerprint density at radius 2 is 1.08 bits per heavy atom. The number of aliphatic hydroxyl groups excluding tert-OH is 2. The molecular formula is C30H57NO8. The van der Waals surface area contributed by atoms with Crippen molar-refractivity contribution in [3.8, 4) is 0 Å². The van der Waals surface area contributed by atoms with Crippen molar-refractivity contribution in [2.24, 2.45) is 0 Å². The van der Waals surface area contributed by atoms with E-state index in [4.69, 9.17) is 14.6 Å². The predicted molar refractivity (Wildman–Crippen MR) is 152 cm³/mol. The molecule has 0 spiro atoms. The van der Waals surface area contributed by atoms with Crippen LogP contribution in [0.15, 0.2) is 0 Å². The Morgan fingerprint density at radius 1 is 0.615 bits per heavy atom. The number of esters is 2. The minimum absolute atomic E-state index is 0.0474. The van der Waals surface area contributed by atoms with Gasteiger partial charge in [0.05, 0.1) is 25.4 Å². The van der Waals surface area contributed by atoms with E-state index in [0.29, 0.717) is 65.0 Å². The number of hydrogen-bond acceptors (Lipinski definition) is 8. The summed E-state index contributed by atoms with van der Waals surface area (Å²) >= 11 is 0. The van der Waals surface area contributed by atoms with Crippen LogP contribution in [0.4, 0.5) is 0 Å². The molecule has 9 nitrogen and oxygen atoms in total. The summed E-state index contributed by atoms with van der Waals surface area (Å²) in [4.78, 5) is 36.3. The fraction of sp³-hybridized carbons (Fsp3) is 0.900. The van der Waals surface area contributed by atoms with E-state index in [2.05, 4.69) is 13.8 Å². The highest BCUT2D eigenvalue weighted by Crippen LogP contribution is 2.12. The van der Waals surface area contributed by atoms with Gasteiger partial charge in [-0.3, -0.25) is 19.3 Å². The van der Waals surface area contributed by atoms with Crippen LogP contribution in [0.5, 0.6) is 0 Å². The maximum absolute atomic E-state index is 11.7. The van der Waals surface area contributed by atoms with Gasteiger partial charge in [-0.25, -0.2) is 0 Å². The molecule has 0 bridgehead atoms. The number of unbranched alkanes of at least 4 members (excludes halogenated alkanes) is 8. The summed E-state index contributed by atoms with van der Waals surface area (Å²) in [6.07, 6.45) is 12.1.